The lowest BCUT2D eigenvalue weighted by molar-refractivity contribution is 0.637. The first-order valence-corrected chi connectivity index (χ1v) is 6.31. The lowest BCUT2D eigenvalue weighted by Gasteiger charge is -2.04. The van der Waals surface area contributed by atoms with Crippen LogP contribution in [0.5, 0.6) is 0 Å². The minimum atomic E-state index is 0.628. The number of hydrogen-bond donors (Lipinski definition) is 0. The Morgan fingerprint density at radius 1 is 1.40 bits per heavy atom. The fraction of sp³-hybridized carbons (Fsp3) is 0.417. The van der Waals surface area contributed by atoms with E-state index in [9.17, 15) is 0 Å². The zero-order valence-corrected chi connectivity index (χ0v) is 10.7. The molecule has 2 aromatic rings. The molecule has 0 fully saturated rings. The first-order chi connectivity index (χ1) is 7.22. The molecule has 0 radical (unpaired) electrons. The van der Waals surface area contributed by atoms with Crippen molar-refractivity contribution >= 4 is 26.8 Å². The molecule has 0 saturated heterocycles. The average molecular weight is 267 g/mol. The topological polar surface area (TPSA) is 17.8 Å². The van der Waals surface area contributed by atoms with Gasteiger partial charge in [-0.3, -0.25) is 4.68 Å². The smallest absolute Gasteiger partial charge is 0.0706 e. The summed E-state index contributed by atoms with van der Waals surface area (Å²) in [4.78, 5) is 0. The predicted octanol–water partition coefficient (Wildman–Crippen LogP) is 3.15. The molecule has 2 rings (SSSR count). The van der Waals surface area contributed by atoms with Crippen molar-refractivity contribution in [2.75, 3.05) is 5.33 Å². The molecule has 1 heterocycles. The molecule has 0 aliphatic rings. The van der Waals surface area contributed by atoms with Crippen LogP contribution in [-0.4, -0.2) is 15.1 Å². The number of nitrogens with zero attached hydrogens (tertiary/aromatic N) is 2. The Kier molecular flexibility index (Phi) is 3.10. The SMILES string of the molecule is CC(CBr)Cc1nn(C)c2ccccc12. The molecule has 0 bridgehead atoms. The van der Waals surface area contributed by atoms with E-state index in [4.69, 9.17) is 0 Å². The van der Waals surface area contributed by atoms with Crippen LogP contribution in [0.25, 0.3) is 10.9 Å². The quantitative estimate of drug-likeness (QED) is 0.781. The molecule has 1 unspecified atom stereocenters. The highest BCUT2D eigenvalue weighted by molar-refractivity contribution is 9.09. The molecule has 0 amide bonds. The summed E-state index contributed by atoms with van der Waals surface area (Å²) in [5.74, 6) is 0.628. The molecule has 0 aliphatic carbocycles. The summed E-state index contributed by atoms with van der Waals surface area (Å²) in [5, 5.41) is 6.88. The second kappa shape index (κ2) is 4.35. The van der Waals surface area contributed by atoms with Gasteiger partial charge < -0.3 is 0 Å². The molecule has 1 aromatic heterocycles. The monoisotopic (exact) mass is 266 g/mol. The number of fused-ring (bicyclic) bond motifs is 1. The second-order valence-corrected chi connectivity index (χ2v) is 4.70. The molecule has 1 atom stereocenters. The normalized spacial score (nSPS) is 13.3. The van der Waals surface area contributed by atoms with Crippen molar-refractivity contribution < 1.29 is 0 Å². The van der Waals surface area contributed by atoms with E-state index in [0.29, 0.717) is 5.92 Å². The minimum Gasteiger partial charge on any atom is -0.268 e. The number of aromatic nitrogens is 2. The summed E-state index contributed by atoms with van der Waals surface area (Å²) in [6, 6.07) is 8.40. The number of alkyl halides is 1. The van der Waals surface area contributed by atoms with E-state index in [1.807, 2.05) is 11.7 Å². The number of aryl methyl sites for hydroxylation is 1. The van der Waals surface area contributed by atoms with Crippen LogP contribution in [0, 0.1) is 5.92 Å². The Balaban J connectivity index is 2.43. The molecule has 3 heteroatoms. The van der Waals surface area contributed by atoms with Crippen molar-refractivity contribution in [1.29, 1.82) is 0 Å². The van der Waals surface area contributed by atoms with Gasteiger partial charge in [-0.15, -0.1) is 0 Å². The summed E-state index contributed by atoms with van der Waals surface area (Å²) in [5.41, 5.74) is 2.43. The van der Waals surface area contributed by atoms with Gasteiger partial charge in [-0.05, 0) is 18.4 Å². The van der Waals surface area contributed by atoms with Crippen LogP contribution in [0.3, 0.4) is 0 Å². The maximum atomic E-state index is 4.57. The van der Waals surface area contributed by atoms with Crippen molar-refractivity contribution in [3.8, 4) is 0 Å². The summed E-state index contributed by atoms with van der Waals surface area (Å²) in [6.45, 7) is 2.23. The highest BCUT2D eigenvalue weighted by Crippen LogP contribution is 2.20. The maximum absolute atomic E-state index is 4.57. The van der Waals surface area contributed by atoms with Crippen LogP contribution in [0.2, 0.25) is 0 Å². The molecule has 1 aromatic carbocycles. The van der Waals surface area contributed by atoms with E-state index in [2.05, 4.69) is 52.2 Å². The van der Waals surface area contributed by atoms with Gasteiger partial charge in [0, 0.05) is 17.8 Å². The zero-order valence-electron chi connectivity index (χ0n) is 9.07. The molecule has 80 valence electrons. The molecule has 0 spiro atoms. The van der Waals surface area contributed by atoms with Crippen molar-refractivity contribution in [2.45, 2.75) is 13.3 Å². The van der Waals surface area contributed by atoms with E-state index in [0.717, 1.165) is 11.8 Å². The highest BCUT2D eigenvalue weighted by atomic mass is 79.9. The van der Waals surface area contributed by atoms with Gasteiger partial charge in [0.1, 0.15) is 0 Å². The molecular weight excluding hydrogens is 252 g/mol. The van der Waals surface area contributed by atoms with Crippen LogP contribution >= 0.6 is 15.9 Å². The van der Waals surface area contributed by atoms with Gasteiger partial charge in [-0.25, -0.2) is 0 Å². The van der Waals surface area contributed by atoms with Gasteiger partial charge in [0.05, 0.1) is 11.2 Å². The first kappa shape index (κ1) is 10.7. The lowest BCUT2D eigenvalue weighted by atomic mass is 10.1. The van der Waals surface area contributed by atoms with E-state index in [1.165, 1.54) is 16.6 Å². The van der Waals surface area contributed by atoms with Crippen molar-refractivity contribution in [3.05, 3.63) is 30.0 Å². The fourth-order valence-electron chi connectivity index (χ4n) is 1.82. The lowest BCUT2D eigenvalue weighted by Crippen LogP contribution is -2.02. The molecule has 0 aliphatic heterocycles. The number of benzene rings is 1. The third-order valence-electron chi connectivity index (χ3n) is 2.64. The van der Waals surface area contributed by atoms with Crippen LogP contribution < -0.4 is 0 Å². The summed E-state index contributed by atoms with van der Waals surface area (Å²) < 4.78 is 1.96. The summed E-state index contributed by atoms with van der Waals surface area (Å²) in [6.07, 6.45) is 1.03. The van der Waals surface area contributed by atoms with E-state index in [1.54, 1.807) is 0 Å². The summed E-state index contributed by atoms with van der Waals surface area (Å²) >= 11 is 3.51. The Hall–Kier alpha value is -0.830. The third-order valence-corrected chi connectivity index (χ3v) is 3.74. The molecule has 0 N–H and O–H groups in total. The van der Waals surface area contributed by atoms with Gasteiger partial charge in [-0.1, -0.05) is 41.1 Å². The van der Waals surface area contributed by atoms with Crippen molar-refractivity contribution in [3.63, 3.8) is 0 Å². The van der Waals surface area contributed by atoms with Gasteiger partial charge in [-0.2, -0.15) is 5.10 Å². The van der Waals surface area contributed by atoms with E-state index in [-0.39, 0.29) is 0 Å². The number of hydrogen-bond acceptors (Lipinski definition) is 1. The van der Waals surface area contributed by atoms with Crippen LogP contribution in [-0.2, 0) is 13.5 Å². The van der Waals surface area contributed by atoms with Crippen LogP contribution in [0.4, 0.5) is 0 Å². The number of halogens is 1. The minimum absolute atomic E-state index is 0.628. The molecule has 0 saturated carbocycles. The Morgan fingerprint density at radius 3 is 2.87 bits per heavy atom. The standard InChI is InChI=1S/C12H15BrN2/c1-9(8-13)7-11-10-5-3-4-6-12(10)15(2)14-11/h3-6,9H,7-8H2,1-2H3. The van der Waals surface area contributed by atoms with Gasteiger partial charge in [0.2, 0.25) is 0 Å². The van der Waals surface area contributed by atoms with Crippen LogP contribution in [0.15, 0.2) is 24.3 Å². The third kappa shape index (κ3) is 2.07. The highest BCUT2D eigenvalue weighted by Gasteiger charge is 2.10. The molecular formula is C12H15BrN2. The Bertz CT molecular complexity index is 462. The first-order valence-electron chi connectivity index (χ1n) is 5.19. The largest absolute Gasteiger partial charge is 0.268 e. The average Bonchev–Trinajstić information content (AvgIpc) is 2.57. The van der Waals surface area contributed by atoms with E-state index < -0.39 is 0 Å². The Morgan fingerprint density at radius 2 is 2.13 bits per heavy atom. The molecule has 2 nitrogen and oxygen atoms in total. The van der Waals surface area contributed by atoms with Gasteiger partial charge >= 0.3 is 0 Å². The van der Waals surface area contributed by atoms with Gasteiger partial charge in [0.25, 0.3) is 0 Å². The number of para-hydroxylation sites is 1. The molecule has 15 heavy (non-hydrogen) atoms. The number of rotatable bonds is 3. The maximum Gasteiger partial charge on any atom is 0.0706 e. The Labute approximate surface area is 98.4 Å². The predicted molar refractivity (Wildman–Crippen MR) is 67.4 cm³/mol. The van der Waals surface area contributed by atoms with E-state index >= 15 is 0 Å². The summed E-state index contributed by atoms with van der Waals surface area (Å²) in [7, 11) is 2.00. The second-order valence-electron chi connectivity index (χ2n) is 4.05. The van der Waals surface area contributed by atoms with Crippen molar-refractivity contribution in [2.24, 2.45) is 13.0 Å². The van der Waals surface area contributed by atoms with Crippen LogP contribution in [0.1, 0.15) is 12.6 Å². The zero-order chi connectivity index (χ0) is 10.8. The van der Waals surface area contributed by atoms with Gasteiger partial charge in [0.15, 0.2) is 0 Å². The fourth-order valence-corrected chi connectivity index (χ4v) is 2.05. The van der Waals surface area contributed by atoms with Crippen molar-refractivity contribution in [1.82, 2.24) is 9.78 Å².